The van der Waals surface area contributed by atoms with E-state index < -0.39 is 0 Å². The molecule has 16 heavy (non-hydrogen) atoms. The van der Waals surface area contributed by atoms with Crippen LogP contribution in [0.3, 0.4) is 0 Å². The van der Waals surface area contributed by atoms with E-state index in [9.17, 15) is 0 Å². The van der Waals surface area contributed by atoms with E-state index in [1.54, 1.807) is 0 Å². The lowest BCUT2D eigenvalue weighted by molar-refractivity contribution is 0.412. The molecule has 0 atom stereocenters. The van der Waals surface area contributed by atoms with Gasteiger partial charge in [-0.15, -0.1) is 0 Å². The van der Waals surface area contributed by atoms with Crippen molar-refractivity contribution in [3.8, 4) is 0 Å². The first-order valence-electron chi connectivity index (χ1n) is 5.66. The van der Waals surface area contributed by atoms with Gasteiger partial charge in [0.25, 0.3) is 0 Å². The van der Waals surface area contributed by atoms with Gasteiger partial charge in [-0.2, -0.15) is 0 Å². The molecule has 0 N–H and O–H groups in total. The molecule has 0 aliphatic heterocycles. The lowest BCUT2D eigenvalue weighted by Crippen LogP contribution is -2.15. The summed E-state index contributed by atoms with van der Waals surface area (Å²) in [5.74, 6) is 0. The molecule has 1 aromatic rings. The van der Waals surface area contributed by atoms with Crippen LogP contribution >= 0.6 is 0 Å². The second-order valence-corrected chi connectivity index (χ2v) is 4.39. The maximum atomic E-state index is 2.26. The molecule has 0 radical (unpaired) electrons. The van der Waals surface area contributed by atoms with Gasteiger partial charge in [-0.05, 0) is 32.4 Å². The normalized spacial score (nSPS) is 11.1. The minimum atomic E-state index is 0.958. The average molecular weight is 215 g/mol. The second-order valence-electron chi connectivity index (χ2n) is 4.39. The van der Waals surface area contributed by atoms with Crippen LogP contribution in [-0.2, 0) is 6.54 Å². The van der Waals surface area contributed by atoms with Gasteiger partial charge in [0.05, 0.1) is 0 Å². The molecule has 0 spiro atoms. The van der Waals surface area contributed by atoms with Crippen LogP contribution < -0.4 is 0 Å². The molecule has 0 aliphatic rings. The van der Waals surface area contributed by atoms with Gasteiger partial charge >= 0.3 is 0 Å². The van der Waals surface area contributed by atoms with Crippen molar-refractivity contribution < 1.29 is 0 Å². The van der Waals surface area contributed by atoms with Crippen LogP contribution in [0.5, 0.6) is 0 Å². The van der Waals surface area contributed by atoms with Crippen molar-refractivity contribution in [2.75, 3.05) is 7.05 Å². The van der Waals surface area contributed by atoms with Crippen LogP contribution in [0.1, 0.15) is 26.3 Å². The smallest absolute Gasteiger partial charge is 0.0423 e. The van der Waals surface area contributed by atoms with E-state index in [1.807, 2.05) is 0 Å². The Morgan fingerprint density at radius 3 is 2.25 bits per heavy atom. The molecule has 0 unspecified atom stereocenters. The van der Waals surface area contributed by atoms with Gasteiger partial charge < -0.3 is 4.90 Å². The third-order valence-corrected chi connectivity index (χ3v) is 2.52. The van der Waals surface area contributed by atoms with Crippen LogP contribution in [0, 0.1) is 0 Å². The maximum absolute atomic E-state index is 2.26. The zero-order chi connectivity index (χ0) is 12.0. The molecule has 0 amide bonds. The van der Waals surface area contributed by atoms with Gasteiger partial charge in [0.1, 0.15) is 0 Å². The lowest BCUT2D eigenvalue weighted by Gasteiger charge is -2.19. The van der Waals surface area contributed by atoms with E-state index in [0.717, 1.165) is 6.54 Å². The fraction of sp³-hybridized carbons (Fsp3) is 0.333. The highest BCUT2D eigenvalue weighted by Gasteiger charge is 1.99. The van der Waals surface area contributed by atoms with E-state index in [2.05, 4.69) is 75.2 Å². The largest absolute Gasteiger partial charge is 0.374 e. The third kappa shape index (κ3) is 4.35. The molecule has 1 nitrogen and oxygen atoms in total. The molecule has 1 heteroatoms. The predicted molar refractivity (Wildman–Crippen MR) is 71.1 cm³/mol. The van der Waals surface area contributed by atoms with Crippen molar-refractivity contribution >= 4 is 0 Å². The zero-order valence-corrected chi connectivity index (χ0v) is 10.7. The SMILES string of the molecule is CC(C)=C/C=C(\C)N(C)Cc1ccccc1. The first kappa shape index (κ1) is 12.6. The van der Waals surface area contributed by atoms with Crippen LogP contribution in [0.15, 0.2) is 53.8 Å². The molecular formula is C15H21N. The molecular weight excluding hydrogens is 194 g/mol. The lowest BCUT2D eigenvalue weighted by atomic mass is 10.2. The molecule has 0 bridgehead atoms. The number of nitrogens with zero attached hydrogens (tertiary/aromatic N) is 1. The minimum absolute atomic E-state index is 0.958. The van der Waals surface area contributed by atoms with Crippen LogP contribution in [0.4, 0.5) is 0 Å². The summed E-state index contributed by atoms with van der Waals surface area (Å²) in [6.45, 7) is 7.32. The zero-order valence-electron chi connectivity index (χ0n) is 10.7. The fourth-order valence-electron chi connectivity index (χ4n) is 1.40. The topological polar surface area (TPSA) is 3.24 Å². The van der Waals surface area contributed by atoms with Crippen LogP contribution in [0.2, 0.25) is 0 Å². The molecule has 0 aliphatic carbocycles. The molecule has 1 rings (SSSR count). The monoisotopic (exact) mass is 215 g/mol. The first-order chi connectivity index (χ1) is 7.59. The molecule has 0 saturated carbocycles. The fourth-order valence-corrected chi connectivity index (χ4v) is 1.40. The van der Waals surface area contributed by atoms with Crippen molar-refractivity contribution in [3.63, 3.8) is 0 Å². The summed E-state index contributed by atoms with van der Waals surface area (Å²) in [7, 11) is 2.12. The van der Waals surface area contributed by atoms with E-state index in [0.29, 0.717) is 0 Å². The summed E-state index contributed by atoms with van der Waals surface area (Å²) in [4.78, 5) is 2.26. The first-order valence-corrected chi connectivity index (χ1v) is 5.66. The van der Waals surface area contributed by atoms with Crippen molar-refractivity contribution in [2.24, 2.45) is 0 Å². The second kappa shape index (κ2) is 6.16. The summed E-state index contributed by atoms with van der Waals surface area (Å²) < 4.78 is 0. The Hall–Kier alpha value is -1.50. The van der Waals surface area contributed by atoms with E-state index in [4.69, 9.17) is 0 Å². The number of rotatable bonds is 4. The quantitative estimate of drug-likeness (QED) is 0.686. The standard InChI is InChI=1S/C15H21N/c1-13(2)10-11-14(3)16(4)12-15-8-6-5-7-9-15/h5-11H,12H2,1-4H3/b14-11+. The summed E-state index contributed by atoms with van der Waals surface area (Å²) >= 11 is 0. The summed E-state index contributed by atoms with van der Waals surface area (Å²) in [6, 6.07) is 10.5. The molecule has 1 aromatic carbocycles. The predicted octanol–water partition coefficient (Wildman–Crippen LogP) is 3.99. The Balaban J connectivity index is 2.62. The Morgan fingerprint density at radius 1 is 1.06 bits per heavy atom. The Kier molecular flexibility index (Phi) is 4.84. The molecule has 0 aromatic heterocycles. The van der Waals surface area contributed by atoms with Gasteiger partial charge in [-0.25, -0.2) is 0 Å². The Bertz CT molecular complexity index is 370. The Morgan fingerprint density at radius 2 is 1.69 bits per heavy atom. The minimum Gasteiger partial charge on any atom is -0.374 e. The third-order valence-electron chi connectivity index (χ3n) is 2.52. The molecule has 0 fully saturated rings. The van der Waals surface area contributed by atoms with Gasteiger partial charge in [0.15, 0.2) is 0 Å². The number of benzene rings is 1. The molecule has 86 valence electrons. The molecule has 0 saturated heterocycles. The highest BCUT2D eigenvalue weighted by molar-refractivity contribution is 5.17. The summed E-state index contributed by atoms with van der Waals surface area (Å²) in [6.07, 6.45) is 4.31. The van der Waals surface area contributed by atoms with Crippen LogP contribution in [0.25, 0.3) is 0 Å². The van der Waals surface area contributed by atoms with Crippen molar-refractivity contribution in [2.45, 2.75) is 27.3 Å². The number of hydrogen-bond acceptors (Lipinski definition) is 1. The van der Waals surface area contributed by atoms with Gasteiger partial charge in [0, 0.05) is 19.3 Å². The molecule has 0 heterocycles. The summed E-state index contributed by atoms with van der Waals surface area (Å²) in [5.41, 5.74) is 3.95. The number of allylic oxidation sites excluding steroid dienone is 4. The van der Waals surface area contributed by atoms with E-state index >= 15 is 0 Å². The van der Waals surface area contributed by atoms with Crippen molar-refractivity contribution in [3.05, 3.63) is 59.3 Å². The van der Waals surface area contributed by atoms with E-state index in [-0.39, 0.29) is 0 Å². The highest BCUT2D eigenvalue weighted by atomic mass is 15.1. The summed E-state index contributed by atoms with van der Waals surface area (Å²) in [5, 5.41) is 0. The van der Waals surface area contributed by atoms with E-state index in [1.165, 1.54) is 16.8 Å². The van der Waals surface area contributed by atoms with Gasteiger partial charge in [-0.1, -0.05) is 42.0 Å². The number of hydrogen-bond donors (Lipinski definition) is 0. The average Bonchev–Trinajstić information content (AvgIpc) is 2.27. The van der Waals surface area contributed by atoms with Gasteiger partial charge in [0.2, 0.25) is 0 Å². The van der Waals surface area contributed by atoms with Crippen molar-refractivity contribution in [1.82, 2.24) is 4.90 Å². The van der Waals surface area contributed by atoms with Crippen molar-refractivity contribution in [1.29, 1.82) is 0 Å². The van der Waals surface area contributed by atoms with Crippen LogP contribution in [-0.4, -0.2) is 11.9 Å². The Labute approximate surface area is 99.1 Å². The highest BCUT2D eigenvalue weighted by Crippen LogP contribution is 2.08. The maximum Gasteiger partial charge on any atom is 0.0423 e. The van der Waals surface area contributed by atoms with Gasteiger partial charge in [-0.3, -0.25) is 0 Å².